The first-order valence-electron chi connectivity index (χ1n) is 5.00. The summed E-state index contributed by atoms with van der Waals surface area (Å²) in [6.45, 7) is 0. The van der Waals surface area contributed by atoms with Crippen LogP contribution in [-0.2, 0) is 0 Å². The van der Waals surface area contributed by atoms with Gasteiger partial charge in [-0.2, -0.15) is 5.10 Å². The van der Waals surface area contributed by atoms with Crippen LogP contribution in [0, 0.1) is 5.82 Å². The molecule has 0 aliphatic rings. The van der Waals surface area contributed by atoms with E-state index in [1.54, 1.807) is 35.1 Å². The minimum Gasteiger partial charge on any atom is -0.222 e. The summed E-state index contributed by atoms with van der Waals surface area (Å²) in [6, 6.07) is 7.85. The molecule has 0 radical (unpaired) electrons. The van der Waals surface area contributed by atoms with Crippen LogP contribution in [0.25, 0.3) is 16.8 Å². The zero-order chi connectivity index (χ0) is 11.8. The van der Waals surface area contributed by atoms with E-state index in [-0.39, 0.29) is 5.82 Å². The molecular weight excluding hydrogens is 241 g/mol. The molecule has 0 amide bonds. The third-order valence-electron chi connectivity index (χ3n) is 2.49. The van der Waals surface area contributed by atoms with Crippen molar-refractivity contribution in [2.75, 3.05) is 0 Å². The molecule has 0 aliphatic heterocycles. The fraction of sp³-hybridized carbons (Fsp3) is 0. The maximum Gasteiger partial charge on any atom is 0.164 e. The van der Waals surface area contributed by atoms with Gasteiger partial charge in [0.05, 0.1) is 6.20 Å². The van der Waals surface area contributed by atoms with Crippen LogP contribution in [0.3, 0.4) is 0 Å². The van der Waals surface area contributed by atoms with Gasteiger partial charge in [-0.1, -0.05) is 23.7 Å². The molecule has 0 atom stereocenters. The third-order valence-corrected chi connectivity index (χ3v) is 2.70. The van der Waals surface area contributed by atoms with E-state index >= 15 is 0 Å². The molecule has 84 valence electrons. The molecule has 0 saturated heterocycles. The first-order valence-corrected chi connectivity index (χ1v) is 5.38. The number of nitrogens with zero attached hydrogens (tertiary/aromatic N) is 3. The normalized spacial score (nSPS) is 10.9. The lowest BCUT2D eigenvalue weighted by Crippen LogP contribution is -1.89. The lowest BCUT2D eigenvalue weighted by molar-refractivity contribution is 0.628. The lowest BCUT2D eigenvalue weighted by atomic mass is 10.1. The molecule has 5 heteroatoms. The number of hydrogen-bond donors (Lipinski definition) is 0. The van der Waals surface area contributed by atoms with E-state index in [1.165, 1.54) is 12.1 Å². The van der Waals surface area contributed by atoms with Crippen LogP contribution in [0.1, 0.15) is 0 Å². The van der Waals surface area contributed by atoms with Crippen molar-refractivity contribution in [1.29, 1.82) is 0 Å². The third kappa shape index (κ3) is 1.76. The van der Waals surface area contributed by atoms with Gasteiger partial charge in [0.25, 0.3) is 0 Å². The standard InChI is InChI=1S/C12H7ClFN3/c13-11-5-6-17-12(16-11)10(7-15-17)8-1-3-9(14)4-2-8/h1-7H. The number of hydrogen-bond acceptors (Lipinski definition) is 2. The van der Waals surface area contributed by atoms with Crippen LogP contribution in [0.15, 0.2) is 42.7 Å². The Morgan fingerprint density at radius 2 is 1.88 bits per heavy atom. The summed E-state index contributed by atoms with van der Waals surface area (Å²) < 4.78 is 14.5. The molecule has 0 N–H and O–H groups in total. The Labute approximate surface area is 101 Å². The Balaban J connectivity index is 2.23. The maximum atomic E-state index is 12.8. The fourth-order valence-corrected chi connectivity index (χ4v) is 1.82. The Bertz CT molecular complexity index is 676. The smallest absolute Gasteiger partial charge is 0.164 e. The Kier molecular flexibility index (Phi) is 2.30. The van der Waals surface area contributed by atoms with Gasteiger partial charge in [-0.25, -0.2) is 13.9 Å². The minimum atomic E-state index is -0.267. The molecule has 0 unspecified atom stereocenters. The van der Waals surface area contributed by atoms with Crippen molar-refractivity contribution < 1.29 is 4.39 Å². The van der Waals surface area contributed by atoms with E-state index in [0.717, 1.165) is 11.1 Å². The van der Waals surface area contributed by atoms with E-state index < -0.39 is 0 Å². The summed E-state index contributed by atoms with van der Waals surface area (Å²) in [5.74, 6) is -0.267. The highest BCUT2D eigenvalue weighted by Crippen LogP contribution is 2.24. The predicted molar refractivity (Wildman–Crippen MR) is 63.4 cm³/mol. The van der Waals surface area contributed by atoms with E-state index in [2.05, 4.69) is 10.1 Å². The quantitative estimate of drug-likeness (QED) is 0.618. The van der Waals surface area contributed by atoms with E-state index in [4.69, 9.17) is 11.6 Å². The number of halogens is 2. The molecule has 17 heavy (non-hydrogen) atoms. The molecule has 3 rings (SSSR count). The summed E-state index contributed by atoms with van der Waals surface area (Å²) in [7, 11) is 0. The summed E-state index contributed by atoms with van der Waals surface area (Å²) in [5.41, 5.74) is 2.34. The van der Waals surface area contributed by atoms with Crippen LogP contribution in [0.5, 0.6) is 0 Å². The van der Waals surface area contributed by atoms with Crippen molar-refractivity contribution in [3.63, 3.8) is 0 Å². The second kappa shape index (κ2) is 3.82. The molecule has 0 aliphatic carbocycles. The summed E-state index contributed by atoms with van der Waals surface area (Å²) >= 11 is 5.85. The first-order chi connectivity index (χ1) is 8.24. The number of aromatic nitrogens is 3. The van der Waals surface area contributed by atoms with Gasteiger partial charge < -0.3 is 0 Å². The highest BCUT2D eigenvalue weighted by molar-refractivity contribution is 6.29. The maximum absolute atomic E-state index is 12.8. The van der Waals surface area contributed by atoms with Gasteiger partial charge in [-0.05, 0) is 23.8 Å². The molecule has 0 fully saturated rings. The molecule has 1 aromatic carbocycles. The monoisotopic (exact) mass is 247 g/mol. The molecule has 2 heterocycles. The van der Waals surface area contributed by atoms with E-state index in [1.807, 2.05) is 0 Å². The van der Waals surface area contributed by atoms with Crippen LogP contribution in [0.4, 0.5) is 4.39 Å². The van der Waals surface area contributed by atoms with Gasteiger partial charge in [0.1, 0.15) is 11.0 Å². The van der Waals surface area contributed by atoms with Crippen LogP contribution < -0.4 is 0 Å². The minimum absolute atomic E-state index is 0.267. The SMILES string of the molecule is Fc1ccc(-c2cnn3ccc(Cl)nc23)cc1. The average molecular weight is 248 g/mol. The van der Waals surface area contributed by atoms with E-state index in [0.29, 0.717) is 10.8 Å². The second-order valence-corrected chi connectivity index (χ2v) is 3.97. The average Bonchev–Trinajstić information content (AvgIpc) is 2.73. The molecule has 3 aromatic rings. The number of benzene rings is 1. The molecule has 3 nitrogen and oxygen atoms in total. The molecule has 0 spiro atoms. The zero-order valence-corrected chi connectivity index (χ0v) is 9.39. The summed E-state index contributed by atoms with van der Waals surface area (Å²) in [6.07, 6.45) is 3.42. The summed E-state index contributed by atoms with van der Waals surface area (Å²) in [4.78, 5) is 4.21. The topological polar surface area (TPSA) is 30.2 Å². The van der Waals surface area contributed by atoms with Gasteiger partial charge in [0, 0.05) is 11.8 Å². The van der Waals surface area contributed by atoms with Crippen LogP contribution in [-0.4, -0.2) is 14.6 Å². The van der Waals surface area contributed by atoms with Crippen molar-refractivity contribution in [3.8, 4) is 11.1 Å². The van der Waals surface area contributed by atoms with Gasteiger partial charge >= 0.3 is 0 Å². The van der Waals surface area contributed by atoms with Gasteiger partial charge in [0.2, 0.25) is 0 Å². The highest BCUT2D eigenvalue weighted by atomic mass is 35.5. The zero-order valence-electron chi connectivity index (χ0n) is 8.64. The molecular formula is C12H7ClFN3. The number of fused-ring (bicyclic) bond motifs is 1. The molecule has 0 saturated carbocycles. The lowest BCUT2D eigenvalue weighted by Gasteiger charge is -1.99. The van der Waals surface area contributed by atoms with Crippen molar-refractivity contribution in [1.82, 2.24) is 14.6 Å². The Morgan fingerprint density at radius 1 is 1.12 bits per heavy atom. The summed E-state index contributed by atoms with van der Waals surface area (Å²) in [5, 5.41) is 4.56. The van der Waals surface area contributed by atoms with Crippen molar-refractivity contribution in [3.05, 3.63) is 53.7 Å². The van der Waals surface area contributed by atoms with Crippen molar-refractivity contribution >= 4 is 17.2 Å². The van der Waals surface area contributed by atoms with Crippen molar-refractivity contribution in [2.24, 2.45) is 0 Å². The highest BCUT2D eigenvalue weighted by Gasteiger charge is 2.08. The largest absolute Gasteiger partial charge is 0.222 e. The fourth-order valence-electron chi connectivity index (χ4n) is 1.68. The van der Waals surface area contributed by atoms with Crippen LogP contribution in [0.2, 0.25) is 5.15 Å². The number of rotatable bonds is 1. The molecule has 2 aromatic heterocycles. The Morgan fingerprint density at radius 3 is 2.65 bits per heavy atom. The van der Waals surface area contributed by atoms with E-state index in [9.17, 15) is 4.39 Å². The van der Waals surface area contributed by atoms with Crippen molar-refractivity contribution in [2.45, 2.75) is 0 Å². The first kappa shape index (κ1) is 10.2. The predicted octanol–water partition coefficient (Wildman–Crippen LogP) is 3.19. The Hall–Kier alpha value is -1.94. The molecule has 0 bridgehead atoms. The van der Waals surface area contributed by atoms with Gasteiger partial charge in [0.15, 0.2) is 5.65 Å². The van der Waals surface area contributed by atoms with Gasteiger partial charge in [-0.3, -0.25) is 0 Å². The van der Waals surface area contributed by atoms with Gasteiger partial charge in [-0.15, -0.1) is 0 Å². The second-order valence-electron chi connectivity index (χ2n) is 3.58. The van der Waals surface area contributed by atoms with Crippen LogP contribution >= 0.6 is 11.6 Å².